The summed E-state index contributed by atoms with van der Waals surface area (Å²) in [5.74, 6) is 0.695. The van der Waals surface area contributed by atoms with Gasteiger partial charge in [0.15, 0.2) is 6.10 Å². The Balaban J connectivity index is 1.55. The maximum atomic E-state index is 12.6. The Morgan fingerprint density at radius 1 is 0.929 bits per heavy atom. The molecule has 3 rings (SSSR count). The zero-order chi connectivity index (χ0) is 19.9. The van der Waals surface area contributed by atoms with Gasteiger partial charge in [-0.3, -0.25) is 4.79 Å². The van der Waals surface area contributed by atoms with Gasteiger partial charge in [0.25, 0.3) is 5.91 Å². The van der Waals surface area contributed by atoms with Crippen molar-refractivity contribution in [2.24, 2.45) is 0 Å². The predicted octanol–water partition coefficient (Wildman–Crippen LogP) is 4.82. The molecule has 0 bridgehead atoms. The fraction of sp³-hybridized carbons (Fsp3) is 0.391. The first kappa shape index (κ1) is 19.9. The average molecular weight is 381 g/mol. The molecule has 5 heteroatoms. The molecule has 1 aliphatic carbocycles. The molecule has 148 valence electrons. The third kappa shape index (κ3) is 5.12. The SMILES string of the molecule is C[C@H](OC(=O)c1ccc(Oc2ccccc2)cc1)C(=O)N(C)C1CCCCC1. The highest BCUT2D eigenvalue weighted by Crippen LogP contribution is 2.23. The van der Waals surface area contributed by atoms with Crippen LogP contribution >= 0.6 is 0 Å². The molecule has 0 unspecified atom stereocenters. The molecular formula is C23H27NO4. The highest BCUT2D eigenvalue weighted by atomic mass is 16.5. The van der Waals surface area contributed by atoms with Crippen LogP contribution in [0, 0.1) is 0 Å². The number of nitrogens with zero attached hydrogens (tertiary/aromatic N) is 1. The van der Waals surface area contributed by atoms with Gasteiger partial charge in [0.2, 0.25) is 0 Å². The normalized spacial score (nSPS) is 15.5. The first-order valence-electron chi connectivity index (χ1n) is 9.85. The van der Waals surface area contributed by atoms with Gasteiger partial charge in [0.1, 0.15) is 11.5 Å². The molecule has 0 radical (unpaired) electrons. The Morgan fingerprint density at radius 3 is 2.18 bits per heavy atom. The molecule has 0 spiro atoms. The van der Waals surface area contributed by atoms with Gasteiger partial charge in [0.05, 0.1) is 5.56 Å². The smallest absolute Gasteiger partial charge is 0.338 e. The molecule has 1 amide bonds. The van der Waals surface area contributed by atoms with Crippen LogP contribution in [-0.2, 0) is 9.53 Å². The zero-order valence-corrected chi connectivity index (χ0v) is 16.5. The van der Waals surface area contributed by atoms with E-state index in [0.717, 1.165) is 31.4 Å². The first-order valence-corrected chi connectivity index (χ1v) is 9.85. The summed E-state index contributed by atoms with van der Waals surface area (Å²) in [6.45, 7) is 1.63. The van der Waals surface area contributed by atoms with E-state index in [1.165, 1.54) is 6.42 Å². The number of likely N-dealkylation sites (N-methyl/N-ethyl adjacent to an activating group) is 1. The van der Waals surface area contributed by atoms with Crippen molar-refractivity contribution in [3.8, 4) is 11.5 Å². The van der Waals surface area contributed by atoms with Gasteiger partial charge in [-0.2, -0.15) is 0 Å². The second-order valence-corrected chi connectivity index (χ2v) is 7.23. The van der Waals surface area contributed by atoms with E-state index in [0.29, 0.717) is 11.3 Å². The molecule has 5 nitrogen and oxygen atoms in total. The number of ether oxygens (including phenoxy) is 2. The topological polar surface area (TPSA) is 55.8 Å². The molecule has 2 aromatic carbocycles. The number of hydrogen-bond donors (Lipinski definition) is 0. The maximum Gasteiger partial charge on any atom is 0.338 e. The molecule has 0 N–H and O–H groups in total. The average Bonchev–Trinajstić information content (AvgIpc) is 2.74. The van der Waals surface area contributed by atoms with Gasteiger partial charge in [-0.15, -0.1) is 0 Å². The number of para-hydroxylation sites is 1. The minimum Gasteiger partial charge on any atom is -0.457 e. The van der Waals surface area contributed by atoms with Crippen molar-refractivity contribution in [1.82, 2.24) is 4.90 Å². The van der Waals surface area contributed by atoms with Gasteiger partial charge in [-0.05, 0) is 56.2 Å². The minimum atomic E-state index is -0.806. The van der Waals surface area contributed by atoms with Crippen molar-refractivity contribution in [1.29, 1.82) is 0 Å². The van der Waals surface area contributed by atoms with Crippen LogP contribution in [0.15, 0.2) is 54.6 Å². The van der Waals surface area contributed by atoms with E-state index in [-0.39, 0.29) is 11.9 Å². The monoisotopic (exact) mass is 381 g/mol. The van der Waals surface area contributed by atoms with Gasteiger partial charge < -0.3 is 14.4 Å². The van der Waals surface area contributed by atoms with Crippen LogP contribution in [0.1, 0.15) is 49.4 Å². The quantitative estimate of drug-likeness (QED) is 0.674. The summed E-state index contributed by atoms with van der Waals surface area (Å²) < 4.78 is 11.1. The Bertz CT molecular complexity index is 782. The molecule has 1 atom stereocenters. The number of amides is 1. The summed E-state index contributed by atoms with van der Waals surface area (Å²) in [6, 6.07) is 16.4. The molecule has 0 aliphatic heterocycles. The van der Waals surface area contributed by atoms with E-state index in [2.05, 4.69) is 0 Å². The van der Waals surface area contributed by atoms with Crippen molar-refractivity contribution in [2.45, 2.75) is 51.2 Å². The van der Waals surface area contributed by atoms with Crippen LogP contribution < -0.4 is 4.74 Å². The molecule has 1 saturated carbocycles. The fourth-order valence-corrected chi connectivity index (χ4v) is 3.50. The number of carbonyl (C=O) groups is 2. The lowest BCUT2D eigenvalue weighted by Crippen LogP contribution is -2.44. The standard InChI is InChI=1S/C23H27NO4/c1-17(22(25)24(2)19-9-5-3-6-10-19)27-23(26)18-13-15-21(16-14-18)28-20-11-7-4-8-12-20/h4,7-8,11-17,19H,3,5-6,9-10H2,1-2H3/t17-/m0/s1. The van der Waals surface area contributed by atoms with Gasteiger partial charge in [-0.1, -0.05) is 37.5 Å². The van der Waals surface area contributed by atoms with E-state index >= 15 is 0 Å². The van der Waals surface area contributed by atoms with Crippen molar-refractivity contribution >= 4 is 11.9 Å². The van der Waals surface area contributed by atoms with Crippen LogP contribution in [0.3, 0.4) is 0 Å². The van der Waals surface area contributed by atoms with Crippen LogP contribution in [0.2, 0.25) is 0 Å². The zero-order valence-electron chi connectivity index (χ0n) is 16.5. The van der Waals surface area contributed by atoms with Crippen molar-refractivity contribution in [3.05, 3.63) is 60.2 Å². The molecule has 1 aliphatic rings. The lowest BCUT2D eigenvalue weighted by atomic mass is 9.94. The van der Waals surface area contributed by atoms with Crippen LogP contribution in [0.25, 0.3) is 0 Å². The van der Waals surface area contributed by atoms with Crippen molar-refractivity contribution in [3.63, 3.8) is 0 Å². The lowest BCUT2D eigenvalue weighted by molar-refractivity contribution is -0.141. The van der Waals surface area contributed by atoms with E-state index in [1.807, 2.05) is 30.3 Å². The van der Waals surface area contributed by atoms with Crippen LogP contribution in [-0.4, -0.2) is 36.0 Å². The summed E-state index contributed by atoms with van der Waals surface area (Å²) in [7, 11) is 1.80. The third-order valence-electron chi connectivity index (χ3n) is 5.17. The number of esters is 1. The fourth-order valence-electron chi connectivity index (χ4n) is 3.50. The maximum absolute atomic E-state index is 12.6. The Labute approximate surface area is 166 Å². The van der Waals surface area contributed by atoms with Gasteiger partial charge >= 0.3 is 5.97 Å². The summed E-state index contributed by atoms with van der Waals surface area (Å²) in [5, 5.41) is 0. The van der Waals surface area contributed by atoms with E-state index in [9.17, 15) is 9.59 Å². The summed E-state index contributed by atoms with van der Waals surface area (Å²) >= 11 is 0. The molecule has 2 aromatic rings. The summed E-state index contributed by atoms with van der Waals surface area (Å²) in [5.41, 5.74) is 0.389. The molecular weight excluding hydrogens is 354 g/mol. The third-order valence-corrected chi connectivity index (χ3v) is 5.17. The molecule has 0 heterocycles. The first-order chi connectivity index (χ1) is 13.5. The molecule has 28 heavy (non-hydrogen) atoms. The van der Waals surface area contributed by atoms with Crippen LogP contribution in [0.4, 0.5) is 0 Å². The van der Waals surface area contributed by atoms with Gasteiger partial charge in [-0.25, -0.2) is 4.79 Å². The highest BCUT2D eigenvalue weighted by Gasteiger charge is 2.27. The molecule has 0 saturated heterocycles. The largest absolute Gasteiger partial charge is 0.457 e. The minimum absolute atomic E-state index is 0.149. The Kier molecular flexibility index (Phi) is 6.69. The lowest BCUT2D eigenvalue weighted by Gasteiger charge is -2.32. The number of hydrogen-bond acceptors (Lipinski definition) is 4. The molecule has 1 fully saturated rings. The van der Waals surface area contributed by atoms with Crippen molar-refractivity contribution in [2.75, 3.05) is 7.05 Å². The number of carbonyl (C=O) groups excluding carboxylic acids is 2. The Hall–Kier alpha value is -2.82. The Morgan fingerprint density at radius 2 is 1.54 bits per heavy atom. The van der Waals surface area contributed by atoms with E-state index in [1.54, 1.807) is 43.1 Å². The van der Waals surface area contributed by atoms with E-state index in [4.69, 9.17) is 9.47 Å². The number of rotatable bonds is 6. The van der Waals surface area contributed by atoms with Crippen LogP contribution in [0.5, 0.6) is 11.5 Å². The summed E-state index contributed by atoms with van der Waals surface area (Å²) in [4.78, 5) is 26.7. The predicted molar refractivity (Wildman–Crippen MR) is 107 cm³/mol. The second-order valence-electron chi connectivity index (χ2n) is 7.23. The second kappa shape index (κ2) is 9.40. The highest BCUT2D eigenvalue weighted by molar-refractivity contribution is 5.92. The van der Waals surface area contributed by atoms with E-state index < -0.39 is 12.1 Å². The van der Waals surface area contributed by atoms with Crippen molar-refractivity contribution < 1.29 is 19.1 Å². The summed E-state index contributed by atoms with van der Waals surface area (Å²) in [6.07, 6.45) is 4.76. The number of benzene rings is 2. The molecule has 0 aromatic heterocycles. The van der Waals surface area contributed by atoms with Gasteiger partial charge in [0, 0.05) is 13.1 Å².